The van der Waals surface area contributed by atoms with Crippen molar-refractivity contribution in [3.8, 4) is 0 Å². The van der Waals surface area contributed by atoms with E-state index >= 15 is 0 Å². The molecule has 0 spiro atoms. The number of carbonyl (C=O) groups excluding carboxylic acids is 1. The molecular weight excluding hydrogens is 345 g/mol. The van der Waals surface area contributed by atoms with Crippen molar-refractivity contribution < 1.29 is 18.0 Å². The Morgan fingerprint density at radius 3 is 2.46 bits per heavy atom. The molecule has 24 heavy (non-hydrogen) atoms. The van der Waals surface area contributed by atoms with Gasteiger partial charge in [-0.3, -0.25) is 9.48 Å². The summed E-state index contributed by atoms with van der Waals surface area (Å²) in [5, 5.41) is 9.64. The second-order valence-electron chi connectivity index (χ2n) is 5.43. The molecule has 1 fully saturated rings. The lowest BCUT2D eigenvalue weighted by Gasteiger charge is -2.36. The van der Waals surface area contributed by atoms with Gasteiger partial charge in [-0.05, 0) is 32.0 Å². The molecular formula is C15H16ClF3N4O. The number of hydrogen-bond acceptors (Lipinski definition) is 3. The van der Waals surface area contributed by atoms with E-state index in [0.717, 1.165) is 0 Å². The van der Waals surface area contributed by atoms with Crippen molar-refractivity contribution >= 4 is 24.0 Å². The molecule has 9 heteroatoms. The van der Waals surface area contributed by atoms with Crippen LogP contribution in [0.4, 0.5) is 18.9 Å². The summed E-state index contributed by atoms with van der Waals surface area (Å²) in [6, 6.07) is 2.74. The van der Waals surface area contributed by atoms with Gasteiger partial charge in [-0.15, -0.1) is 12.4 Å². The standard InChI is InChI=1S/C15H15F3N4O.ClH/c16-10-8-12(18)13(9-11(10)17)21-14(23)15(2-5-19-6-3-15)22-7-1-4-20-22;/h1,4,7-9,19H,2-3,5-6H2,(H,21,23);1H. The Labute approximate surface area is 142 Å². The number of aromatic nitrogens is 2. The second kappa shape index (κ2) is 7.23. The minimum Gasteiger partial charge on any atom is -0.321 e. The lowest BCUT2D eigenvalue weighted by molar-refractivity contribution is -0.126. The normalized spacial score (nSPS) is 16.3. The highest BCUT2D eigenvalue weighted by atomic mass is 35.5. The summed E-state index contributed by atoms with van der Waals surface area (Å²) in [6.45, 7) is 1.18. The summed E-state index contributed by atoms with van der Waals surface area (Å²) in [5.74, 6) is -4.06. The van der Waals surface area contributed by atoms with Gasteiger partial charge in [0.1, 0.15) is 11.4 Å². The van der Waals surface area contributed by atoms with E-state index in [9.17, 15) is 18.0 Å². The third-order valence-electron chi connectivity index (χ3n) is 4.05. The minimum absolute atomic E-state index is 0. The van der Waals surface area contributed by atoms with Gasteiger partial charge in [-0.1, -0.05) is 0 Å². The van der Waals surface area contributed by atoms with Crippen molar-refractivity contribution in [2.24, 2.45) is 0 Å². The van der Waals surface area contributed by atoms with Crippen LogP contribution in [0.3, 0.4) is 0 Å². The number of nitrogens with one attached hydrogen (secondary N) is 2. The third-order valence-corrected chi connectivity index (χ3v) is 4.05. The largest absolute Gasteiger partial charge is 0.321 e. The zero-order valence-corrected chi connectivity index (χ0v) is 13.4. The summed E-state index contributed by atoms with van der Waals surface area (Å²) >= 11 is 0. The van der Waals surface area contributed by atoms with Gasteiger partial charge in [0, 0.05) is 24.5 Å². The quantitative estimate of drug-likeness (QED) is 0.827. The first-order valence-electron chi connectivity index (χ1n) is 7.20. The van der Waals surface area contributed by atoms with E-state index in [1.807, 2.05) is 0 Å². The van der Waals surface area contributed by atoms with Crippen molar-refractivity contribution in [3.05, 3.63) is 48.0 Å². The van der Waals surface area contributed by atoms with E-state index in [0.29, 0.717) is 38.1 Å². The Kier molecular flexibility index (Phi) is 5.51. The third kappa shape index (κ3) is 3.25. The SMILES string of the molecule is Cl.O=C(Nc1cc(F)c(F)cc1F)C1(n2cccn2)CCNCC1. The Morgan fingerprint density at radius 1 is 1.17 bits per heavy atom. The Bertz CT molecular complexity index is 718. The van der Waals surface area contributed by atoms with E-state index in [4.69, 9.17) is 0 Å². The van der Waals surface area contributed by atoms with Crippen LogP contribution in [-0.2, 0) is 10.3 Å². The predicted octanol–water partition coefficient (Wildman–Crippen LogP) is 2.44. The Hall–Kier alpha value is -2.06. The molecule has 130 valence electrons. The molecule has 1 saturated heterocycles. The first-order valence-corrected chi connectivity index (χ1v) is 7.20. The van der Waals surface area contributed by atoms with Crippen LogP contribution in [0, 0.1) is 17.5 Å². The van der Waals surface area contributed by atoms with E-state index in [1.54, 1.807) is 18.5 Å². The topological polar surface area (TPSA) is 59.0 Å². The molecule has 0 radical (unpaired) electrons. The Morgan fingerprint density at radius 2 is 1.83 bits per heavy atom. The number of rotatable bonds is 3. The molecule has 0 aliphatic carbocycles. The van der Waals surface area contributed by atoms with Gasteiger partial charge in [-0.2, -0.15) is 5.10 Å². The fraction of sp³-hybridized carbons (Fsp3) is 0.333. The van der Waals surface area contributed by atoms with Crippen molar-refractivity contribution in [2.75, 3.05) is 18.4 Å². The number of halogens is 4. The van der Waals surface area contributed by atoms with Crippen molar-refractivity contribution in [3.63, 3.8) is 0 Å². The highest BCUT2D eigenvalue weighted by Crippen LogP contribution is 2.29. The van der Waals surface area contributed by atoms with Crippen LogP contribution in [0.25, 0.3) is 0 Å². The number of amides is 1. The fourth-order valence-electron chi connectivity index (χ4n) is 2.78. The van der Waals surface area contributed by atoms with Crippen molar-refractivity contribution in [2.45, 2.75) is 18.4 Å². The molecule has 2 heterocycles. The highest BCUT2D eigenvalue weighted by Gasteiger charge is 2.42. The number of piperidine rings is 1. The number of anilines is 1. The van der Waals surface area contributed by atoms with Crippen LogP contribution < -0.4 is 10.6 Å². The zero-order chi connectivity index (χ0) is 16.4. The summed E-state index contributed by atoms with van der Waals surface area (Å²) in [4.78, 5) is 12.8. The number of benzene rings is 1. The molecule has 0 atom stereocenters. The van der Waals surface area contributed by atoms with Gasteiger partial charge < -0.3 is 10.6 Å². The highest BCUT2D eigenvalue weighted by molar-refractivity contribution is 5.96. The lowest BCUT2D eigenvalue weighted by atomic mass is 9.87. The van der Waals surface area contributed by atoms with E-state index < -0.39 is 28.9 Å². The summed E-state index contributed by atoms with van der Waals surface area (Å²) in [7, 11) is 0. The van der Waals surface area contributed by atoms with Crippen molar-refractivity contribution in [1.82, 2.24) is 15.1 Å². The lowest BCUT2D eigenvalue weighted by Crippen LogP contribution is -2.52. The summed E-state index contributed by atoms with van der Waals surface area (Å²) < 4.78 is 41.6. The van der Waals surface area contributed by atoms with Gasteiger partial charge in [-0.25, -0.2) is 13.2 Å². The van der Waals surface area contributed by atoms with E-state index in [1.165, 1.54) is 4.68 Å². The number of carbonyl (C=O) groups is 1. The van der Waals surface area contributed by atoms with Gasteiger partial charge in [0.2, 0.25) is 0 Å². The average molecular weight is 361 g/mol. The molecule has 5 nitrogen and oxygen atoms in total. The van der Waals surface area contributed by atoms with E-state index in [-0.39, 0.29) is 18.1 Å². The molecule has 2 N–H and O–H groups in total. The molecule has 1 aromatic heterocycles. The van der Waals surface area contributed by atoms with Gasteiger partial charge in [0.15, 0.2) is 11.6 Å². The molecule has 1 aromatic carbocycles. The monoisotopic (exact) mass is 360 g/mol. The molecule has 1 aliphatic rings. The Balaban J connectivity index is 0.00000208. The second-order valence-corrected chi connectivity index (χ2v) is 5.43. The van der Waals surface area contributed by atoms with Crippen LogP contribution >= 0.6 is 12.4 Å². The molecule has 0 unspecified atom stereocenters. The van der Waals surface area contributed by atoms with Gasteiger partial charge in [0.25, 0.3) is 5.91 Å². The van der Waals surface area contributed by atoms with Crippen LogP contribution in [0.2, 0.25) is 0 Å². The maximum absolute atomic E-state index is 13.8. The van der Waals surface area contributed by atoms with Crippen LogP contribution in [0.1, 0.15) is 12.8 Å². The molecule has 1 amide bonds. The van der Waals surface area contributed by atoms with Gasteiger partial charge >= 0.3 is 0 Å². The maximum atomic E-state index is 13.8. The van der Waals surface area contributed by atoms with Crippen molar-refractivity contribution in [1.29, 1.82) is 0 Å². The molecule has 0 saturated carbocycles. The van der Waals surface area contributed by atoms with Crippen LogP contribution in [-0.4, -0.2) is 28.8 Å². The number of hydrogen-bond donors (Lipinski definition) is 2. The summed E-state index contributed by atoms with van der Waals surface area (Å²) in [5.41, 5.74) is -1.38. The van der Waals surface area contributed by atoms with Crippen LogP contribution in [0.5, 0.6) is 0 Å². The molecule has 2 aromatic rings. The fourth-order valence-corrected chi connectivity index (χ4v) is 2.78. The number of nitrogens with zero attached hydrogens (tertiary/aromatic N) is 2. The van der Waals surface area contributed by atoms with Crippen LogP contribution in [0.15, 0.2) is 30.6 Å². The summed E-state index contributed by atoms with van der Waals surface area (Å²) in [6.07, 6.45) is 4.11. The first-order chi connectivity index (χ1) is 11.0. The maximum Gasteiger partial charge on any atom is 0.252 e. The minimum atomic E-state index is -1.30. The molecule has 0 bridgehead atoms. The smallest absolute Gasteiger partial charge is 0.252 e. The first kappa shape index (κ1) is 18.3. The van der Waals surface area contributed by atoms with Gasteiger partial charge in [0.05, 0.1) is 5.69 Å². The molecule has 3 rings (SSSR count). The van der Waals surface area contributed by atoms with E-state index in [2.05, 4.69) is 15.7 Å². The average Bonchev–Trinajstić information content (AvgIpc) is 3.08. The molecule has 1 aliphatic heterocycles. The zero-order valence-electron chi connectivity index (χ0n) is 12.6. The predicted molar refractivity (Wildman–Crippen MR) is 84.5 cm³/mol.